The van der Waals surface area contributed by atoms with Gasteiger partial charge in [0.25, 0.3) is 11.5 Å². The summed E-state index contributed by atoms with van der Waals surface area (Å²) in [6, 6.07) is 22.2. The van der Waals surface area contributed by atoms with Crippen molar-refractivity contribution in [2.24, 2.45) is 0 Å². The van der Waals surface area contributed by atoms with Gasteiger partial charge in [-0.1, -0.05) is 42.5 Å². The van der Waals surface area contributed by atoms with Crippen LogP contribution >= 0.6 is 0 Å². The Balaban J connectivity index is 1.84. The van der Waals surface area contributed by atoms with Crippen molar-refractivity contribution >= 4 is 34.1 Å². The Hall–Kier alpha value is -4.19. The molecular formula is C26H21N3O3. The van der Waals surface area contributed by atoms with Gasteiger partial charge >= 0.3 is 0 Å². The van der Waals surface area contributed by atoms with Crippen LogP contribution in [0.3, 0.4) is 0 Å². The van der Waals surface area contributed by atoms with E-state index in [4.69, 9.17) is 9.72 Å². The maximum absolute atomic E-state index is 13.6. The average molecular weight is 423 g/mol. The van der Waals surface area contributed by atoms with Gasteiger partial charge in [-0.25, -0.2) is 4.98 Å². The lowest BCUT2D eigenvalue weighted by Gasteiger charge is -2.15. The number of hydrogen-bond acceptors (Lipinski definition) is 4. The summed E-state index contributed by atoms with van der Waals surface area (Å²) in [4.78, 5) is 33.3. The minimum absolute atomic E-state index is 0.109. The number of likely N-dealkylation sites (N-methyl/N-ethyl adjacent to an activating group) is 1. The number of rotatable bonds is 4. The molecule has 0 radical (unpaired) electrons. The van der Waals surface area contributed by atoms with E-state index in [2.05, 4.69) is 0 Å². The molecule has 1 aliphatic heterocycles. The maximum Gasteiger partial charge on any atom is 0.266 e. The van der Waals surface area contributed by atoms with Crippen LogP contribution < -0.4 is 15.2 Å². The molecule has 0 unspecified atom stereocenters. The van der Waals surface area contributed by atoms with Gasteiger partial charge < -0.3 is 9.64 Å². The van der Waals surface area contributed by atoms with Crippen molar-refractivity contribution in [3.05, 3.63) is 94.5 Å². The number of methoxy groups -OCH3 is 1. The van der Waals surface area contributed by atoms with Gasteiger partial charge in [-0.05, 0) is 43.3 Å². The molecule has 0 aliphatic carbocycles. The molecular weight excluding hydrogens is 402 g/mol. The lowest BCUT2D eigenvalue weighted by molar-refractivity contribution is -0.112. The molecule has 1 amide bonds. The van der Waals surface area contributed by atoms with Crippen LogP contribution in [0.2, 0.25) is 0 Å². The molecule has 4 aromatic rings. The molecule has 32 heavy (non-hydrogen) atoms. The second kappa shape index (κ2) is 7.81. The molecule has 0 fully saturated rings. The number of para-hydroxylation sites is 4. The third kappa shape index (κ3) is 3.00. The van der Waals surface area contributed by atoms with Crippen molar-refractivity contribution in [3.8, 4) is 11.4 Å². The lowest BCUT2D eigenvalue weighted by atomic mass is 10.1. The lowest BCUT2D eigenvalue weighted by Crippen LogP contribution is -2.26. The number of hydrogen-bond donors (Lipinski definition) is 0. The van der Waals surface area contributed by atoms with E-state index in [0.717, 1.165) is 11.3 Å². The Morgan fingerprint density at radius 3 is 2.38 bits per heavy atom. The van der Waals surface area contributed by atoms with Crippen LogP contribution in [-0.4, -0.2) is 29.1 Å². The first kappa shape index (κ1) is 19.8. The van der Waals surface area contributed by atoms with Gasteiger partial charge in [-0.3, -0.25) is 14.2 Å². The van der Waals surface area contributed by atoms with Gasteiger partial charge in [0.05, 0.1) is 35.0 Å². The zero-order valence-corrected chi connectivity index (χ0v) is 17.8. The van der Waals surface area contributed by atoms with Crippen molar-refractivity contribution in [2.45, 2.75) is 6.92 Å². The number of nitrogens with zero attached hydrogens (tertiary/aromatic N) is 3. The van der Waals surface area contributed by atoms with Crippen LogP contribution in [0.15, 0.2) is 77.6 Å². The normalized spacial score (nSPS) is 14.2. The third-order valence-electron chi connectivity index (χ3n) is 5.68. The Morgan fingerprint density at radius 1 is 0.906 bits per heavy atom. The van der Waals surface area contributed by atoms with E-state index >= 15 is 0 Å². The second-order valence-corrected chi connectivity index (χ2v) is 7.42. The standard InChI is InChI=1S/C26H21N3O3/c1-3-28-21-13-7-5-10-17(21)19(25(28)30)16-24-27-20-12-6-4-11-18(20)26(31)29(24)22-14-8-9-15-23(22)32-2/h4-16H,3H2,1-2H3/b19-16-. The number of anilines is 1. The number of carbonyl (C=O) groups excluding carboxylic acids is 1. The monoisotopic (exact) mass is 423 g/mol. The highest BCUT2D eigenvalue weighted by Gasteiger charge is 2.31. The summed E-state index contributed by atoms with van der Waals surface area (Å²) in [6.45, 7) is 2.49. The summed E-state index contributed by atoms with van der Waals surface area (Å²) in [5.41, 5.74) is 3.11. The number of aromatic nitrogens is 2. The van der Waals surface area contributed by atoms with Crippen LogP contribution in [0, 0.1) is 0 Å². The first-order valence-corrected chi connectivity index (χ1v) is 10.4. The largest absolute Gasteiger partial charge is 0.495 e. The number of fused-ring (bicyclic) bond motifs is 2. The zero-order chi connectivity index (χ0) is 22.2. The first-order valence-electron chi connectivity index (χ1n) is 10.4. The highest BCUT2D eigenvalue weighted by atomic mass is 16.5. The van der Waals surface area contributed by atoms with Crippen LogP contribution in [0.25, 0.3) is 28.2 Å². The molecule has 6 heteroatoms. The van der Waals surface area contributed by atoms with Crippen molar-refractivity contribution in [1.82, 2.24) is 9.55 Å². The molecule has 158 valence electrons. The predicted octanol–water partition coefficient (Wildman–Crippen LogP) is 4.30. The zero-order valence-electron chi connectivity index (χ0n) is 17.8. The van der Waals surface area contributed by atoms with Crippen LogP contribution in [0.5, 0.6) is 5.75 Å². The number of carbonyl (C=O) groups is 1. The Morgan fingerprint density at radius 2 is 1.59 bits per heavy atom. The highest BCUT2D eigenvalue weighted by molar-refractivity contribution is 6.35. The molecule has 2 heterocycles. The van der Waals surface area contributed by atoms with Gasteiger partial charge in [0.1, 0.15) is 11.6 Å². The van der Waals surface area contributed by atoms with Crippen molar-refractivity contribution in [3.63, 3.8) is 0 Å². The van der Waals surface area contributed by atoms with E-state index in [0.29, 0.717) is 40.3 Å². The summed E-state index contributed by atoms with van der Waals surface area (Å²) in [5.74, 6) is 0.802. The van der Waals surface area contributed by atoms with E-state index in [1.54, 1.807) is 36.3 Å². The summed E-state index contributed by atoms with van der Waals surface area (Å²) in [5, 5.41) is 0.494. The third-order valence-corrected chi connectivity index (χ3v) is 5.68. The maximum atomic E-state index is 13.6. The summed E-state index contributed by atoms with van der Waals surface area (Å²) in [6.07, 6.45) is 1.71. The molecule has 1 aliphatic rings. The quantitative estimate of drug-likeness (QED) is 0.459. The molecule has 0 spiro atoms. The van der Waals surface area contributed by atoms with Crippen LogP contribution in [0.1, 0.15) is 18.3 Å². The molecule has 0 N–H and O–H groups in total. The van der Waals surface area contributed by atoms with Gasteiger partial charge in [0.15, 0.2) is 0 Å². The van der Waals surface area contributed by atoms with E-state index in [1.807, 2.05) is 61.5 Å². The number of amides is 1. The Kier molecular flexibility index (Phi) is 4.82. The SMILES string of the molecule is CCN1C(=O)/C(=C\c2nc3ccccc3c(=O)n2-c2ccccc2OC)c2ccccc21. The molecule has 5 rings (SSSR count). The van der Waals surface area contributed by atoms with Crippen molar-refractivity contribution in [2.75, 3.05) is 18.6 Å². The van der Waals surface area contributed by atoms with E-state index < -0.39 is 0 Å². The number of ether oxygens (including phenoxy) is 1. The smallest absolute Gasteiger partial charge is 0.266 e. The van der Waals surface area contributed by atoms with Crippen LogP contribution in [-0.2, 0) is 4.79 Å². The fourth-order valence-corrected chi connectivity index (χ4v) is 4.18. The minimum atomic E-state index is -0.224. The van der Waals surface area contributed by atoms with E-state index in [-0.39, 0.29) is 11.5 Å². The topological polar surface area (TPSA) is 64.4 Å². The molecule has 3 aromatic carbocycles. The Labute approximate surface area is 185 Å². The van der Waals surface area contributed by atoms with Crippen LogP contribution in [0.4, 0.5) is 5.69 Å². The molecule has 1 aromatic heterocycles. The number of benzene rings is 3. The van der Waals surface area contributed by atoms with Gasteiger partial charge in [0.2, 0.25) is 0 Å². The molecule has 6 nitrogen and oxygen atoms in total. The second-order valence-electron chi connectivity index (χ2n) is 7.42. The van der Waals surface area contributed by atoms with Gasteiger partial charge in [0, 0.05) is 12.1 Å². The average Bonchev–Trinajstić information content (AvgIpc) is 3.10. The molecule has 0 atom stereocenters. The van der Waals surface area contributed by atoms with E-state index in [1.165, 1.54) is 4.57 Å². The Bertz CT molecular complexity index is 1450. The van der Waals surface area contributed by atoms with Crippen molar-refractivity contribution < 1.29 is 9.53 Å². The summed E-state index contributed by atoms with van der Waals surface area (Å²) in [7, 11) is 1.56. The molecule has 0 saturated carbocycles. The summed E-state index contributed by atoms with van der Waals surface area (Å²) < 4.78 is 7.03. The van der Waals surface area contributed by atoms with Crippen molar-refractivity contribution in [1.29, 1.82) is 0 Å². The van der Waals surface area contributed by atoms with E-state index in [9.17, 15) is 9.59 Å². The molecule has 0 bridgehead atoms. The fourth-order valence-electron chi connectivity index (χ4n) is 4.18. The van der Waals surface area contributed by atoms with Gasteiger partial charge in [-0.2, -0.15) is 0 Å². The van der Waals surface area contributed by atoms with Gasteiger partial charge in [-0.15, -0.1) is 0 Å². The predicted molar refractivity (Wildman–Crippen MR) is 126 cm³/mol. The summed E-state index contributed by atoms with van der Waals surface area (Å²) >= 11 is 0. The minimum Gasteiger partial charge on any atom is -0.495 e. The fraction of sp³-hybridized carbons (Fsp3) is 0.115. The first-order chi connectivity index (χ1) is 15.6. The highest BCUT2D eigenvalue weighted by Crippen LogP contribution is 2.37. The molecule has 0 saturated heterocycles.